The van der Waals surface area contributed by atoms with Gasteiger partial charge in [0.05, 0.1) is 17.6 Å². The van der Waals surface area contributed by atoms with Crippen molar-refractivity contribution in [2.75, 3.05) is 22.9 Å². The summed E-state index contributed by atoms with van der Waals surface area (Å²) in [7, 11) is 0. The van der Waals surface area contributed by atoms with Crippen LogP contribution in [0.3, 0.4) is 0 Å². The number of benzene rings is 2. The maximum absolute atomic E-state index is 13.3. The average Bonchev–Trinajstić information content (AvgIpc) is 3.28. The lowest BCUT2D eigenvalue weighted by Crippen LogP contribution is -2.37. The van der Waals surface area contributed by atoms with Crippen LogP contribution in [0.1, 0.15) is 30.4 Å². The number of carbonyl (C=O) groups is 2. The van der Waals surface area contributed by atoms with Crippen molar-refractivity contribution < 1.29 is 9.59 Å². The Morgan fingerprint density at radius 1 is 1.21 bits per heavy atom. The first-order valence-corrected chi connectivity index (χ1v) is 10.2. The number of nitrogens with zero attached hydrogens (tertiary/aromatic N) is 3. The molecule has 5 rings (SSSR count). The van der Waals surface area contributed by atoms with Crippen LogP contribution in [0.4, 0.5) is 11.4 Å². The van der Waals surface area contributed by atoms with E-state index in [9.17, 15) is 9.59 Å². The van der Waals surface area contributed by atoms with Gasteiger partial charge in [-0.3, -0.25) is 9.59 Å². The molecule has 1 spiro atoms. The number of carbonyl (C=O) groups excluding carboxylic acids is 2. The maximum Gasteiger partial charge on any atom is 0.232 e. The Kier molecular flexibility index (Phi) is 3.85. The lowest BCUT2D eigenvalue weighted by molar-refractivity contribution is -0.124. The minimum atomic E-state index is -0.358. The van der Waals surface area contributed by atoms with Crippen molar-refractivity contribution in [3.63, 3.8) is 0 Å². The summed E-state index contributed by atoms with van der Waals surface area (Å²) in [5, 5.41) is 9.10. The lowest BCUT2D eigenvalue weighted by atomic mass is 9.99. The first kappa shape index (κ1) is 17.4. The fraction of sp³-hybridized carbons (Fsp3) is 0.318. The second-order valence-electron chi connectivity index (χ2n) is 7.93. The van der Waals surface area contributed by atoms with Crippen LogP contribution in [0.5, 0.6) is 0 Å². The van der Waals surface area contributed by atoms with E-state index in [2.05, 4.69) is 28.1 Å². The number of hydrogen-bond acceptors (Lipinski definition) is 3. The van der Waals surface area contributed by atoms with Crippen molar-refractivity contribution in [2.24, 2.45) is 5.92 Å². The van der Waals surface area contributed by atoms with E-state index in [0.29, 0.717) is 24.3 Å². The van der Waals surface area contributed by atoms with Crippen LogP contribution in [-0.2, 0) is 15.0 Å². The zero-order chi connectivity index (χ0) is 19.5. The molecule has 0 N–H and O–H groups in total. The van der Waals surface area contributed by atoms with E-state index < -0.39 is 0 Å². The van der Waals surface area contributed by atoms with Crippen molar-refractivity contribution in [2.45, 2.75) is 24.7 Å². The van der Waals surface area contributed by atoms with Crippen LogP contribution in [0.2, 0.25) is 0 Å². The first-order valence-electron chi connectivity index (χ1n) is 9.43. The molecule has 28 heavy (non-hydrogen) atoms. The number of rotatable bonds is 2. The lowest BCUT2D eigenvalue weighted by Gasteiger charge is -2.22. The predicted octanol–water partition coefficient (Wildman–Crippen LogP) is 3.75. The monoisotopic (exact) mass is 435 g/mol. The van der Waals surface area contributed by atoms with E-state index in [1.807, 2.05) is 23.1 Å². The molecule has 2 heterocycles. The largest absolute Gasteiger partial charge is 0.312 e. The molecule has 1 aliphatic carbocycles. The van der Waals surface area contributed by atoms with Gasteiger partial charge in [0.1, 0.15) is 0 Å². The number of halogens is 1. The van der Waals surface area contributed by atoms with E-state index in [-0.39, 0.29) is 29.6 Å². The standard InChI is InChI=1S/C22H18BrN3O2/c23-16-4-5-19-18(10-16)22(6-7-22)13-26(19)21(28)15-9-20(27)25(12-15)17-3-1-2-14(8-17)11-24/h1-5,8,10,15H,6-7,9,12-13H2/t15-/m0/s1. The number of hydrogen-bond donors (Lipinski definition) is 0. The van der Waals surface area contributed by atoms with Crippen LogP contribution in [-0.4, -0.2) is 24.9 Å². The highest BCUT2D eigenvalue weighted by Crippen LogP contribution is 2.57. The Balaban J connectivity index is 1.40. The first-order chi connectivity index (χ1) is 13.5. The minimum absolute atomic E-state index is 0.0274. The molecule has 2 aromatic rings. The molecule has 5 nitrogen and oxygen atoms in total. The van der Waals surface area contributed by atoms with Crippen molar-refractivity contribution in [3.8, 4) is 6.07 Å². The Bertz CT molecular complexity index is 1050. The third-order valence-electron chi connectivity index (χ3n) is 6.16. The van der Waals surface area contributed by atoms with Gasteiger partial charge in [0.2, 0.25) is 11.8 Å². The summed E-state index contributed by atoms with van der Waals surface area (Å²) in [5.74, 6) is -0.395. The van der Waals surface area contributed by atoms with E-state index in [1.54, 1.807) is 23.1 Å². The molecule has 140 valence electrons. The smallest absolute Gasteiger partial charge is 0.232 e. The molecule has 1 saturated carbocycles. The Morgan fingerprint density at radius 2 is 2.04 bits per heavy atom. The number of amides is 2. The summed E-state index contributed by atoms with van der Waals surface area (Å²) < 4.78 is 1.03. The molecule has 2 fully saturated rings. The molecule has 0 unspecified atom stereocenters. The highest BCUT2D eigenvalue weighted by atomic mass is 79.9. The van der Waals surface area contributed by atoms with Gasteiger partial charge < -0.3 is 9.80 Å². The van der Waals surface area contributed by atoms with Gasteiger partial charge in [-0.15, -0.1) is 0 Å². The van der Waals surface area contributed by atoms with Gasteiger partial charge in [0.15, 0.2) is 0 Å². The second-order valence-corrected chi connectivity index (χ2v) is 8.85. The Morgan fingerprint density at radius 3 is 2.79 bits per heavy atom. The molecule has 6 heteroatoms. The molecule has 1 atom stereocenters. The van der Waals surface area contributed by atoms with E-state index in [1.165, 1.54) is 5.56 Å². The van der Waals surface area contributed by atoms with Crippen molar-refractivity contribution in [1.82, 2.24) is 0 Å². The predicted molar refractivity (Wildman–Crippen MR) is 109 cm³/mol. The van der Waals surface area contributed by atoms with Gasteiger partial charge in [-0.2, -0.15) is 5.26 Å². The third-order valence-corrected chi connectivity index (χ3v) is 6.66. The summed E-state index contributed by atoms with van der Waals surface area (Å²) in [6.45, 7) is 1.08. The van der Waals surface area contributed by atoms with E-state index in [4.69, 9.17) is 5.26 Å². The molecule has 0 bridgehead atoms. The van der Waals surface area contributed by atoms with Gasteiger partial charge in [0.25, 0.3) is 0 Å². The Hall–Kier alpha value is -2.65. The van der Waals surface area contributed by atoms with Crippen molar-refractivity contribution >= 4 is 39.1 Å². The average molecular weight is 436 g/mol. The number of anilines is 2. The number of nitriles is 1. The van der Waals surface area contributed by atoms with Gasteiger partial charge in [-0.25, -0.2) is 0 Å². The van der Waals surface area contributed by atoms with Crippen LogP contribution in [0.15, 0.2) is 46.9 Å². The highest BCUT2D eigenvalue weighted by Gasteiger charge is 2.54. The molecule has 0 radical (unpaired) electrons. The van der Waals surface area contributed by atoms with Gasteiger partial charge in [0, 0.05) is 40.8 Å². The third kappa shape index (κ3) is 2.65. The molecule has 2 amide bonds. The maximum atomic E-state index is 13.3. The summed E-state index contributed by atoms with van der Waals surface area (Å²) >= 11 is 3.54. The zero-order valence-corrected chi connectivity index (χ0v) is 16.8. The van der Waals surface area contributed by atoms with E-state index >= 15 is 0 Å². The molecular weight excluding hydrogens is 418 g/mol. The molecule has 3 aliphatic rings. The fourth-order valence-corrected chi connectivity index (χ4v) is 4.86. The van der Waals surface area contributed by atoms with Crippen molar-refractivity contribution in [1.29, 1.82) is 5.26 Å². The van der Waals surface area contributed by atoms with Crippen LogP contribution in [0.25, 0.3) is 0 Å². The summed E-state index contributed by atoms with van der Waals surface area (Å²) in [6, 6.07) is 15.2. The zero-order valence-electron chi connectivity index (χ0n) is 15.2. The second kappa shape index (κ2) is 6.18. The molecular formula is C22H18BrN3O2. The molecule has 2 aromatic carbocycles. The minimum Gasteiger partial charge on any atom is -0.312 e. The topological polar surface area (TPSA) is 64.4 Å². The summed E-state index contributed by atoms with van der Waals surface area (Å²) in [5.41, 5.74) is 3.54. The van der Waals surface area contributed by atoms with Crippen LogP contribution in [0, 0.1) is 17.2 Å². The summed E-state index contributed by atoms with van der Waals surface area (Å²) in [6.07, 6.45) is 2.43. The molecule has 2 aliphatic heterocycles. The van der Waals surface area contributed by atoms with Gasteiger partial charge in [-0.1, -0.05) is 22.0 Å². The molecule has 1 saturated heterocycles. The highest BCUT2D eigenvalue weighted by molar-refractivity contribution is 9.10. The van der Waals surface area contributed by atoms with Gasteiger partial charge in [-0.05, 0) is 54.8 Å². The fourth-order valence-electron chi connectivity index (χ4n) is 4.50. The van der Waals surface area contributed by atoms with Crippen LogP contribution < -0.4 is 9.80 Å². The quantitative estimate of drug-likeness (QED) is 0.721. The van der Waals surface area contributed by atoms with Crippen LogP contribution >= 0.6 is 15.9 Å². The number of fused-ring (bicyclic) bond motifs is 2. The SMILES string of the molecule is N#Cc1cccc(N2C[C@@H](C(=O)N3CC4(CC4)c4cc(Br)ccc43)CC2=O)c1. The molecule has 0 aromatic heterocycles. The van der Waals surface area contributed by atoms with Gasteiger partial charge >= 0.3 is 0 Å². The Labute approximate surface area is 171 Å². The van der Waals surface area contributed by atoms with E-state index in [0.717, 1.165) is 23.0 Å². The summed E-state index contributed by atoms with van der Waals surface area (Å²) in [4.78, 5) is 29.5. The normalized spacial score (nSPS) is 21.7. The van der Waals surface area contributed by atoms with Crippen molar-refractivity contribution in [3.05, 3.63) is 58.1 Å².